The zero-order valence-corrected chi connectivity index (χ0v) is 14.6. The summed E-state index contributed by atoms with van der Waals surface area (Å²) in [6, 6.07) is 25.1. The molecule has 0 saturated heterocycles. The molecule has 17 heavy (non-hydrogen) atoms. The van der Waals surface area contributed by atoms with E-state index >= 15 is 0 Å². The third kappa shape index (κ3) is 11.8. The molecule has 3 heteroatoms. The number of halogens is 1. The van der Waals surface area contributed by atoms with Gasteiger partial charge in [0.05, 0.1) is 0 Å². The Morgan fingerprint density at radius 3 is 1.65 bits per heavy atom. The Balaban J connectivity index is 0. The molecule has 0 atom stereocenters. The van der Waals surface area contributed by atoms with E-state index in [9.17, 15) is 0 Å². The molecule has 0 aliphatic rings. The SMILES string of the molecule is CCl.[Mg+2].[SiH3][CH-]c1ccccc1.[c-]1ccccc1. The van der Waals surface area contributed by atoms with Crippen LogP contribution >= 0.6 is 11.6 Å². The van der Waals surface area contributed by atoms with Crippen LogP contribution in [0.4, 0.5) is 0 Å². The standard InChI is InChI=1S/C7H9Si.C6H5.CH3Cl.Mg/c8-6-7-4-2-1-3-5-7;1-2-4-6-5-3-1;1-2;/h1-6H,8H3;1-5H;1H3;/q2*-1;;+2. The Morgan fingerprint density at radius 2 is 1.41 bits per heavy atom. The maximum atomic E-state index is 4.64. The largest absolute Gasteiger partial charge is 2.00 e. The Labute approximate surface area is 129 Å². The maximum Gasteiger partial charge on any atom is 2.00 e. The van der Waals surface area contributed by atoms with Crippen LogP contribution in [0.2, 0.25) is 0 Å². The fourth-order valence-electron chi connectivity index (χ4n) is 0.987. The number of alkyl halides is 1. The summed E-state index contributed by atoms with van der Waals surface area (Å²) in [5.41, 5.74) is 1.35. The Kier molecular flexibility index (Phi) is 17.4. The third-order valence-electron chi connectivity index (χ3n) is 1.74. The van der Waals surface area contributed by atoms with Gasteiger partial charge in [-0.1, -0.05) is 6.07 Å². The molecule has 0 nitrogen and oxygen atoms in total. The quantitative estimate of drug-likeness (QED) is 0.425. The summed E-state index contributed by atoms with van der Waals surface area (Å²) in [6.45, 7) is 0. The van der Waals surface area contributed by atoms with Crippen molar-refractivity contribution < 1.29 is 0 Å². The number of rotatable bonds is 1. The molecule has 0 aromatic heterocycles. The van der Waals surface area contributed by atoms with E-state index < -0.39 is 0 Å². The summed E-state index contributed by atoms with van der Waals surface area (Å²) in [5.74, 6) is 0. The molecule has 0 saturated carbocycles. The first-order valence-corrected chi connectivity index (χ1v) is 6.98. The van der Waals surface area contributed by atoms with Crippen LogP contribution in [0, 0.1) is 12.1 Å². The monoisotopic (exact) mass is 272 g/mol. The summed E-state index contributed by atoms with van der Waals surface area (Å²) in [7, 11) is 1.15. The van der Waals surface area contributed by atoms with Crippen molar-refractivity contribution in [3.05, 3.63) is 78.3 Å². The van der Waals surface area contributed by atoms with Crippen molar-refractivity contribution in [3.63, 3.8) is 0 Å². The summed E-state index contributed by atoms with van der Waals surface area (Å²) < 4.78 is 0. The third-order valence-corrected chi connectivity index (χ3v) is 2.41. The topological polar surface area (TPSA) is 0 Å². The molecule has 2 rings (SSSR count). The summed E-state index contributed by atoms with van der Waals surface area (Å²) >= 11 is 4.64. The molecule has 0 unspecified atom stereocenters. The van der Waals surface area contributed by atoms with Gasteiger partial charge in [0.2, 0.25) is 0 Å². The molecule has 0 heterocycles. The first kappa shape index (κ1) is 18.9. The molecule has 0 N–H and O–H groups in total. The van der Waals surface area contributed by atoms with Gasteiger partial charge in [-0.2, -0.15) is 60.1 Å². The Bertz CT molecular complexity index is 300. The van der Waals surface area contributed by atoms with E-state index in [-0.39, 0.29) is 23.1 Å². The summed E-state index contributed by atoms with van der Waals surface area (Å²) in [6.07, 6.45) is 1.47. The van der Waals surface area contributed by atoms with Crippen LogP contribution in [-0.4, -0.2) is 39.7 Å². The first-order chi connectivity index (χ1) is 7.93. The predicted octanol–water partition coefficient (Wildman–Crippen LogP) is 2.52. The van der Waals surface area contributed by atoms with Crippen molar-refractivity contribution >= 4 is 44.9 Å². The molecule has 0 fully saturated rings. The van der Waals surface area contributed by atoms with Crippen molar-refractivity contribution in [2.45, 2.75) is 0 Å². The van der Waals surface area contributed by atoms with E-state index in [0.29, 0.717) is 0 Å². The van der Waals surface area contributed by atoms with Gasteiger partial charge < -0.3 is 0 Å². The van der Waals surface area contributed by atoms with Crippen molar-refractivity contribution in [2.24, 2.45) is 0 Å². The molecule has 0 spiro atoms. The van der Waals surface area contributed by atoms with Crippen molar-refractivity contribution in [1.29, 1.82) is 0 Å². The van der Waals surface area contributed by atoms with Gasteiger partial charge in [-0.05, 0) is 10.2 Å². The zero-order valence-electron chi connectivity index (χ0n) is 10.4. The van der Waals surface area contributed by atoms with Crippen LogP contribution in [-0.2, 0) is 0 Å². The van der Waals surface area contributed by atoms with Gasteiger partial charge in [-0.25, -0.2) is 0 Å². The molecular weight excluding hydrogens is 256 g/mol. The van der Waals surface area contributed by atoms with E-state index in [1.165, 1.54) is 11.9 Å². The number of benzene rings is 2. The van der Waals surface area contributed by atoms with E-state index in [1.54, 1.807) is 0 Å². The fourth-order valence-corrected chi connectivity index (χ4v) is 1.37. The zero-order chi connectivity index (χ0) is 12.1. The van der Waals surface area contributed by atoms with Gasteiger partial charge >= 0.3 is 23.1 Å². The molecule has 0 aliphatic carbocycles. The van der Waals surface area contributed by atoms with Crippen LogP contribution in [0.15, 0.2) is 60.7 Å². The first-order valence-electron chi connectivity index (χ1n) is 5.07. The van der Waals surface area contributed by atoms with Crippen molar-refractivity contribution in [3.8, 4) is 0 Å². The summed E-state index contributed by atoms with van der Waals surface area (Å²) in [4.78, 5) is 0. The molecule has 0 bridgehead atoms. The van der Waals surface area contributed by atoms with E-state index in [4.69, 9.17) is 0 Å². The fraction of sp³-hybridized carbons (Fsp3) is 0.0714. The molecule has 2 aromatic carbocycles. The van der Waals surface area contributed by atoms with Crippen LogP contribution in [0.25, 0.3) is 0 Å². The molecule has 0 amide bonds. The summed E-state index contributed by atoms with van der Waals surface area (Å²) in [5, 5.41) is 0. The second kappa shape index (κ2) is 15.6. The minimum absolute atomic E-state index is 0. The van der Waals surface area contributed by atoms with Crippen LogP contribution in [0.3, 0.4) is 0 Å². The van der Waals surface area contributed by atoms with Crippen LogP contribution in [0.5, 0.6) is 0 Å². The molecular formula is C14H17ClMgSi. The predicted molar refractivity (Wildman–Crippen MR) is 82.6 cm³/mol. The van der Waals surface area contributed by atoms with Crippen molar-refractivity contribution in [1.82, 2.24) is 0 Å². The van der Waals surface area contributed by atoms with Gasteiger partial charge in [0.1, 0.15) is 0 Å². The molecule has 86 valence electrons. The van der Waals surface area contributed by atoms with Gasteiger partial charge in [0.15, 0.2) is 0 Å². The van der Waals surface area contributed by atoms with E-state index in [0.717, 1.165) is 10.2 Å². The minimum atomic E-state index is 0. The van der Waals surface area contributed by atoms with Gasteiger partial charge in [0, 0.05) is 6.38 Å². The molecule has 0 radical (unpaired) electrons. The van der Waals surface area contributed by atoms with E-state index in [1.807, 2.05) is 36.4 Å². The number of hydrogen-bond donors (Lipinski definition) is 0. The maximum absolute atomic E-state index is 4.64. The van der Waals surface area contributed by atoms with Gasteiger partial charge in [0.25, 0.3) is 0 Å². The Hall–Kier alpha value is -0.417. The van der Waals surface area contributed by atoms with Gasteiger partial charge in [-0.3, -0.25) is 0 Å². The number of hydrogen-bond acceptors (Lipinski definition) is 0. The Morgan fingerprint density at radius 1 is 0.941 bits per heavy atom. The van der Waals surface area contributed by atoms with Crippen LogP contribution in [0.1, 0.15) is 5.56 Å². The van der Waals surface area contributed by atoms with Crippen LogP contribution < -0.4 is 0 Å². The van der Waals surface area contributed by atoms with E-state index in [2.05, 4.69) is 48.0 Å². The minimum Gasteiger partial charge on any atom is -0.196 e. The smallest absolute Gasteiger partial charge is 0.196 e. The second-order valence-electron chi connectivity index (χ2n) is 2.78. The average molecular weight is 273 g/mol. The normalized spacial score (nSPS) is 7.41. The molecule has 0 aliphatic heterocycles. The van der Waals surface area contributed by atoms with Gasteiger partial charge in [-0.15, -0.1) is 23.7 Å². The molecule has 2 aromatic rings. The van der Waals surface area contributed by atoms with Crippen molar-refractivity contribution in [2.75, 3.05) is 6.38 Å². The second-order valence-corrected chi connectivity index (χ2v) is 3.35. The average Bonchev–Trinajstić information content (AvgIpc) is 2.44.